The number of pyridine rings is 1. The van der Waals surface area contributed by atoms with E-state index >= 15 is 0 Å². The van der Waals surface area contributed by atoms with Gasteiger partial charge in [0, 0.05) is 5.69 Å². The van der Waals surface area contributed by atoms with Crippen molar-refractivity contribution in [1.29, 1.82) is 0 Å². The topological polar surface area (TPSA) is 76.7 Å². The van der Waals surface area contributed by atoms with Crippen LogP contribution in [-0.2, 0) is 30.9 Å². The van der Waals surface area contributed by atoms with E-state index in [4.69, 9.17) is 0 Å². The smallest absolute Gasteiger partial charge is 0.431 e. The third-order valence-electron chi connectivity index (χ3n) is 4.92. The van der Waals surface area contributed by atoms with Crippen molar-refractivity contribution in [3.05, 3.63) is 63.6 Å². The molecule has 4 heterocycles. The molecule has 0 fully saturated rings. The Morgan fingerprint density at radius 2 is 1.62 bits per heavy atom. The van der Waals surface area contributed by atoms with Gasteiger partial charge in [-0.25, -0.2) is 0 Å². The molecule has 0 N–H and O–H groups in total. The van der Waals surface area contributed by atoms with E-state index in [9.17, 15) is 13.2 Å². The first kappa shape index (κ1) is 25.9. The van der Waals surface area contributed by atoms with Crippen molar-refractivity contribution in [1.82, 2.24) is 34.5 Å². The summed E-state index contributed by atoms with van der Waals surface area (Å²) in [7, 11) is 0. The predicted octanol–water partition coefficient (Wildman–Crippen LogP) is 5.02. The number of imidazole rings is 1. The summed E-state index contributed by atoms with van der Waals surface area (Å²) in [5.41, 5.74) is 1.45. The standard InChI is InChI=1S/C15H21N3.C8H5F3N4.Pt/c1-12(2)17-8-9-18(11-17)14-10-13(6-7-16-14)15(3,4)5;1-4-2-5(13-12-4)6-3-7(15-14-6)8(9,10)11;/h6-10,12H,1-5H3;2-3H,1H3;/q;-2;. The fourth-order valence-corrected chi connectivity index (χ4v) is 4.18. The van der Waals surface area contributed by atoms with E-state index in [1.54, 1.807) is 13.0 Å². The molecule has 0 aliphatic rings. The van der Waals surface area contributed by atoms with Crippen LogP contribution in [0.3, 0.4) is 0 Å². The van der Waals surface area contributed by atoms with Gasteiger partial charge in [0.05, 0.1) is 0 Å². The molecule has 0 aliphatic heterocycles. The van der Waals surface area contributed by atoms with Crippen LogP contribution in [0.4, 0.5) is 13.2 Å². The molecule has 4 aromatic rings. The van der Waals surface area contributed by atoms with Crippen LogP contribution >= 0.6 is 0 Å². The molecule has 0 unspecified atom stereocenters. The maximum absolute atomic E-state index is 12.2. The Labute approximate surface area is 206 Å². The molecule has 0 amide bonds. The molecule has 7 nitrogen and oxygen atoms in total. The van der Waals surface area contributed by atoms with Gasteiger partial charge in [-0.1, -0.05) is 6.07 Å². The van der Waals surface area contributed by atoms with Crippen molar-refractivity contribution in [2.24, 2.45) is 0 Å². The fraction of sp³-hybridized carbons (Fsp3) is 0.391. The number of halogens is 3. The van der Waals surface area contributed by atoms with E-state index in [0.717, 1.165) is 11.9 Å². The summed E-state index contributed by atoms with van der Waals surface area (Å²) in [6, 6.07) is 7.12. The van der Waals surface area contributed by atoms with Gasteiger partial charge in [0.25, 0.3) is 0 Å². The summed E-state index contributed by atoms with van der Waals surface area (Å²) in [5.74, 6) is 0.983. The van der Waals surface area contributed by atoms with Crippen molar-refractivity contribution in [3.63, 3.8) is 0 Å². The van der Waals surface area contributed by atoms with Gasteiger partial charge in [0.1, 0.15) is 5.69 Å². The molecule has 0 atom stereocenters. The van der Waals surface area contributed by atoms with E-state index in [1.807, 2.05) is 6.20 Å². The van der Waals surface area contributed by atoms with Crippen LogP contribution < -0.4 is 10.2 Å². The predicted molar refractivity (Wildman–Crippen MR) is 118 cm³/mol. The molecule has 11 heteroatoms. The van der Waals surface area contributed by atoms with Crippen LogP contribution in [0, 0.1) is 10.7 Å². The average molecular weight is 653 g/mol. The summed E-state index contributed by atoms with van der Waals surface area (Å²) in [4.78, 5) is 4.50. The zero-order valence-electron chi connectivity index (χ0n) is 19.7. The fourth-order valence-electron chi connectivity index (χ4n) is 3.00. The molecule has 0 saturated carbocycles. The molecular formula is C23H26F3N7Pt-2. The Bertz CT molecular complexity index is 1300. The quantitative estimate of drug-likeness (QED) is 0.311. The van der Waals surface area contributed by atoms with E-state index in [0.29, 0.717) is 17.4 Å². The van der Waals surface area contributed by atoms with Crippen molar-refractivity contribution in [3.8, 4) is 17.2 Å². The molecule has 0 saturated heterocycles. The summed E-state index contributed by atoms with van der Waals surface area (Å²) in [6.07, 6.45) is 1.61. The Morgan fingerprint density at radius 1 is 0.971 bits per heavy atom. The second kappa shape index (κ2) is 9.86. The van der Waals surface area contributed by atoms with E-state index < -0.39 is 11.9 Å². The van der Waals surface area contributed by atoms with Crippen molar-refractivity contribution in [2.75, 3.05) is 0 Å². The molecule has 186 valence electrons. The Hall–Kier alpha value is -2.74. The third-order valence-corrected chi connectivity index (χ3v) is 6.06. The van der Waals surface area contributed by atoms with E-state index in [1.165, 1.54) is 9.37 Å². The normalized spacial score (nSPS) is 12.1. The molecule has 4 aromatic heterocycles. The van der Waals surface area contributed by atoms with Crippen LogP contribution in [0.15, 0.2) is 42.9 Å². The summed E-state index contributed by atoms with van der Waals surface area (Å²) in [5, 5.41) is 13.8. The third kappa shape index (κ3) is 6.03. The minimum atomic E-state index is -4.47. The number of hydrogen-bond donors (Lipinski definition) is 0. The van der Waals surface area contributed by atoms with Gasteiger partial charge in [-0.05, 0) is 13.0 Å². The van der Waals surface area contributed by atoms with Gasteiger partial charge in [-0.15, -0.1) is 11.4 Å². The van der Waals surface area contributed by atoms with Crippen LogP contribution in [-0.4, -0.2) is 24.3 Å². The zero-order valence-corrected chi connectivity index (χ0v) is 22.0. The van der Waals surface area contributed by atoms with Crippen LogP contribution in [0.2, 0.25) is 0 Å². The number of aromatic nitrogens is 7. The maximum atomic E-state index is 12.2. The molecule has 0 spiro atoms. The van der Waals surface area contributed by atoms with Gasteiger partial charge in [0.2, 0.25) is 0 Å². The number of hydrogen-bond acceptors (Lipinski definition) is 3. The Morgan fingerprint density at radius 3 is 2.12 bits per heavy atom. The monoisotopic (exact) mass is 652 g/mol. The first-order chi connectivity index (χ1) is 15.8. The minimum absolute atomic E-state index is 0.0860. The number of rotatable bonds is 3. The first-order valence-corrected chi connectivity index (χ1v) is 11.7. The largest absolute Gasteiger partial charge is 0.576 e. The Kier molecular flexibility index (Phi) is 7.50. The van der Waals surface area contributed by atoms with Gasteiger partial charge < -0.3 is 20.4 Å². The summed E-state index contributed by atoms with van der Waals surface area (Å²) < 4.78 is 42.1. The second-order valence-corrected chi connectivity index (χ2v) is 10.1. The number of nitrogens with zero attached hydrogens (tertiary/aromatic N) is 7. The van der Waals surface area contributed by atoms with Crippen LogP contribution in [0.25, 0.3) is 17.2 Å². The summed E-state index contributed by atoms with van der Waals surface area (Å²) >= 11 is 2.36. The van der Waals surface area contributed by atoms with Crippen molar-refractivity contribution in [2.45, 2.75) is 59.2 Å². The Balaban J connectivity index is 0.000000196. The molecular weight excluding hydrogens is 626 g/mol. The maximum Gasteiger partial charge on any atom is 0.431 e. The molecule has 34 heavy (non-hydrogen) atoms. The summed E-state index contributed by atoms with van der Waals surface area (Å²) in [6.45, 7) is 12.7. The molecule has 0 bridgehead atoms. The minimum Gasteiger partial charge on any atom is -0.576 e. The zero-order chi connectivity index (χ0) is 25.3. The van der Waals surface area contributed by atoms with Gasteiger partial charge in [0.15, 0.2) is 0 Å². The average Bonchev–Trinajstić information content (AvgIpc) is 3.47. The van der Waals surface area contributed by atoms with Gasteiger partial charge in [-0.2, -0.15) is 13.2 Å². The number of aryl methyl sites for hydroxylation is 1. The molecule has 0 aliphatic carbocycles. The SMILES string of the molecule is CC(C)n1ccn(-c2cc(C(C)(C)C)ccn2)[c]1=[Pt].Cc1cc(-c2cc(C(F)(F)F)n[n-]2)[n-]n1. The molecule has 0 aromatic carbocycles. The van der Waals surface area contributed by atoms with Gasteiger partial charge >= 0.3 is 132 Å². The first-order valence-electron chi connectivity index (χ1n) is 10.5. The van der Waals surface area contributed by atoms with Crippen molar-refractivity contribution >= 4 is 0 Å². The van der Waals surface area contributed by atoms with Gasteiger partial charge in [-0.3, -0.25) is 0 Å². The van der Waals surface area contributed by atoms with E-state index in [2.05, 4.69) is 113 Å². The molecule has 0 radical (unpaired) electrons. The van der Waals surface area contributed by atoms with E-state index in [-0.39, 0.29) is 11.1 Å². The number of alkyl halides is 3. The van der Waals surface area contributed by atoms with Crippen LogP contribution in [0.1, 0.15) is 57.6 Å². The van der Waals surface area contributed by atoms with Crippen molar-refractivity contribution < 1.29 is 32.5 Å². The van der Waals surface area contributed by atoms with Crippen LogP contribution in [0.5, 0.6) is 0 Å². The molecule has 4 rings (SSSR count). The second-order valence-electron chi connectivity index (χ2n) is 9.05.